The Kier molecular flexibility index (Phi) is 3.80. The van der Waals surface area contributed by atoms with Crippen LogP contribution in [-0.4, -0.2) is 20.6 Å². The number of ether oxygens (including phenoxy) is 2. The fourth-order valence-electron chi connectivity index (χ4n) is 2.14. The van der Waals surface area contributed by atoms with Gasteiger partial charge in [-0.25, -0.2) is 5.14 Å². The first-order valence-corrected chi connectivity index (χ1v) is 8.20. The number of alkyl halides is 4. The summed E-state index contributed by atoms with van der Waals surface area (Å²) in [6, 6.07) is 9.28. The monoisotopic (exact) mass is 378 g/mol. The zero-order chi connectivity index (χ0) is 18.5. The molecule has 0 bridgehead atoms. The molecular weight excluding hydrogens is 368 g/mol. The summed E-state index contributed by atoms with van der Waals surface area (Å²) in [7, 11) is -3.93. The molecule has 0 fully saturated rings. The van der Waals surface area contributed by atoms with Crippen LogP contribution in [0, 0.1) is 0 Å². The fourth-order valence-corrected chi connectivity index (χ4v) is 2.61. The molecule has 3 N–H and O–H groups in total. The first kappa shape index (κ1) is 17.3. The Hall–Kier alpha value is -2.53. The third-order valence-electron chi connectivity index (χ3n) is 3.24. The van der Waals surface area contributed by atoms with Crippen molar-refractivity contribution in [1.29, 1.82) is 0 Å². The van der Waals surface area contributed by atoms with Crippen LogP contribution < -0.4 is 19.3 Å². The van der Waals surface area contributed by atoms with E-state index >= 15 is 0 Å². The van der Waals surface area contributed by atoms with E-state index in [1.807, 2.05) is 0 Å². The van der Waals surface area contributed by atoms with Gasteiger partial charge in [0, 0.05) is 5.69 Å². The van der Waals surface area contributed by atoms with Gasteiger partial charge in [-0.1, -0.05) is 18.2 Å². The van der Waals surface area contributed by atoms with Crippen LogP contribution in [0.3, 0.4) is 0 Å². The van der Waals surface area contributed by atoms with Crippen molar-refractivity contribution in [2.45, 2.75) is 12.2 Å². The normalized spacial score (nSPS) is 17.8. The molecule has 1 aliphatic rings. The minimum Gasteiger partial charge on any atom is -0.421 e. The molecule has 6 nitrogen and oxygen atoms in total. The zero-order valence-corrected chi connectivity index (χ0v) is 13.0. The van der Waals surface area contributed by atoms with Crippen LogP contribution in [0.1, 0.15) is 0 Å². The summed E-state index contributed by atoms with van der Waals surface area (Å²) < 4.78 is 84.7. The number of anilines is 1. The van der Waals surface area contributed by atoms with Crippen LogP contribution in [0.15, 0.2) is 42.5 Å². The van der Waals surface area contributed by atoms with E-state index in [1.54, 1.807) is 0 Å². The largest absolute Gasteiger partial charge is 0.507 e. The van der Waals surface area contributed by atoms with E-state index in [2.05, 4.69) is 14.2 Å². The zero-order valence-electron chi connectivity index (χ0n) is 12.2. The van der Waals surface area contributed by atoms with Crippen LogP contribution in [0.5, 0.6) is 11.5 Å². The smallest absolute Gasteiger partial charge is 0.421 e. The standard InChI is InChI=1S/C14H10F4N2O4S/c15-13(16)14(17,18)24-12-7-9(3-6-11(12)23-13)8-1-4-10(5-2-8)20-25(19,21)22/h1-7,20H,(H2,19,21,22). The van der Waals surface area contributed by atoms with Gasteiger partial charge < -0.3 is 9.47 Å². The van der Waals surface area contributed by atoms with Crippen molar-refractivity contribution in [3.63, 3.8) is 0 Å². The second-order valence-electron chi connectivity index (χ2n) is 5.12. The summed E-state index contributed by atoms with van der Waals surface area (Å²) in [6.45, 7) is 0. The van der Waals surface area contributed by atoms with Gasteiger partial charge in [0.05, 0.1) is 0 Å². The van der Waals surface area contributed by atoms with E-state index in [9.17, 15) is 26.0 Å². The number of hydrogen-bond acceptors (Lipinski definition) is 4. The van der Waals surface area contributed by atoms with Crippen molar-refractivity contribution in [1.82, 2.24) is 0 Å². The lowest BCUT2D eigenvalue weighted by molar-refractivity contribution is -0.391. The van der Waals surface area contributed by atoms with E-state index in [0.29, 0.717) is 11.1 Å². The summed E-state index contributed by atoms with van der Waals surface area (Å²) in [5, 5.41) is 4.84. The summed E-state index contributed by atoms with van der Waals surface area (Å²) in [4.78, 5) is 0. The molecule has 0 saturated carbocycles. The molecule has 0 aromatic heterocycles. The van der Waals surface area contributed by atoms with Crippen molar-refractivity contribution in [2.75, 3.05) is 4.72 Å². The van der Waals surface area contributed by atoms with E-state index in [1.165, 1.54) is 30.3 Å². The van der Waals surface area contributed by atoms with Gasteiger partial charge in [-0.05, 0) is 35.4 Å². The van der Waals surface area contributed by atoms with Gasteiger partial charge >= 0.3 is 12.2 Å². The van der Waals surface area contributed by atoms with Crippen molar-refractivity contribution in [3.05, 3.63) is 42.5 Å². The molecule has 2 aromatic rings. The first-order valence-electron chi connectivity index (χ1n) is 6.65. The highest BCUT2D eigenvalue weighted by Crippen LogP contribution is 2.47. The van der Waals surface area contributed by atoms with Crippen LogP contribution in [0.2, 0.25) is 0 Å². The average molecular weight is 378 g/mol. The highest BCUT2D eigenvalue weighted by atomic mass is 32.2. The van der Waals surface area contributed by atoms with Crippen LogP contribution in [-0.2, 0) is 10.2 Å². The first-order chi connectivity index (χ1) is 11.5. The van der Waals surface area contributed by atoms with Crippen molar-refractivity contribution in [2.24, 2.45) is 5.14 Å². The van der Waals surface area contributed by atoms with Crippen LogP contribution in [0.25, 0.3) is 11.1 Å². The topological polar surface area (TPSA) is 90.7 Å². The molecule has 0 aliphatic carbocycles. The predicted molar refractivity (Wildman–Crippen MR) is 79.8 cm³/mol. The molecule has 0 spiro atoms. The molecule has 0 atom stereocenters. The van der Waals surface area contributed by atoms with Crippen LogP contribution in [0.4, 0.5) is 23.2 Å². The minimum atomic E-state index is -4.80. The Morgan fingerprint density at radius 1 is 0.840 bits per heavy atom. The Morgan fingerprint density at radius 3 is 1.92 bits per heavy atom. The predicted octanol–water partition coefficient (Wildman–Crippen LogP) is 2.93. The maximum Gasteiger partial charge on any atom is 0.507 e. The van der Waals surface area contributed by atoms with Gasteiger partial charge in [-0.2, -0.15) is 26.0 Å². The van der Waals surface area contributed by atoms with Gasteiger partial charge in [0.25, 0.3) is 10.2 Å². The molecule has 134 valence electrons. The second kappa shape index (κ2) is 5.49. The summed E-state index contributed by atoms with van der Waals surface area (Å²) >= 11 is 0. The molecule has 0 radical (unpaired) electrons. The average Bonchev–Trinajstić information content (AvgIpc) is 2.46. The molecule has 25 heavy (non-hydrogen) atoms. The maximum absolute atomic E-state index is 13.2. The number of fused-ring (bicyclic) bond motifs is 1. The molecule has 1 heterocycles. The number of nitrogens with two attached hydrogens (primary N) is 1. The highest BCUT2D eigenvalue weighted by molar-refractivity contribution is 7.90. The third-order valence-corrected chi connectivity index (χ3v) is 3.76. The Morgan fingerprint density at radius 2 is 1.36 bits per heavy atom. The SMILES string of the molecule is NS(=O)(=O)Nc1ccc(-c2ccc3c(c2)OC(F)(F)C(F)(F)O3)cc1. The molecule has 11 heteroatoms. The Bertz CT molecular complexity index is 917. The van der Waals surface area contributed by atoms with Gasteiger partial charge in [-0.3, -0.25) is 4.72 Å². The van der Waals surface area contributed by atoms with E-state index in [-0.39, 0.29) is 5.69 Å². The van der Waals surface area contributed by atoms with Crippen LogP contribution >= 0.6 is 0 Å². The molecule has 1 aliphatic heterocycles. The van der Waals surface area contributed by atoms with Gasteiger partial charge in [0.15, 0.2) is 11.5 Å². The fraction of sp³-hybridized carbons (Fsp3) is 0.143. The molecule has 0 amide bonds. The van der Waals surface area contributed by atoms with Crippen molar-refractivity contribution < 1.29 is 35.5 Å². The minimum absolute atomic E-state index is 0.190. The summed E-state index contributed by atoms with van der Waals surface area (Å²) in [5.74, 6) is -1.06. The van der Waals surface area contributed by atoms with E-state index in [4.69, 9.17) is 5.14 Å². The van der Waals surface area contributed by atoms with Gasteiger partial charge in [-0.15, -0.1) is 0 Å². The molecular formula is C14H10F4N2O4S. The lowest BCUT2D eigenvalue weighted by atomic mass is 10.0. The summed E-state index contributed by atoms with van der Waals surface area (Å²) in [5.41, 5.74) is 1.05. The van der Waals surface area contributed by atoms with Gasteiger partial charge in [0.2, 0.25) is 0 Å². The highest BCUT2D eigenvalue weighted by Gasteiger charge is 2.65. The lowest BCUT2D eigenvalue weighted by Crippen LogP contribution is -2.52. The van der Waals surface area contributed by atoms with Crippen molar-refractivity contribution in [3.8, 4) is 22.6 Å². The molecule has 3 rings (SSSR count). The Labute approximate surface area is 139 Å². The van der Waals surface area contributed by atoms with E-state index < -0.39 is 33.9 Å². The summed E-state index contributed by atoms with van der Waals surface area (Å²) in [6.07, 6.45) is -9.58. The Balaban J connectivity index is 1.91. The third kappa shape index (κ3) is 3.46. The molecule has 0 saturated heterocycles. The number of nitrogens with one attached hydrogen (secondary N) is 1. The maximum atomic E-state index is 13.2. The van der Waals surface area contributed by atoms with E-state index in [0.717, 1.165) is 12.1 Å². The number of rotatable bonds is 3. The van der Waals surface area contributed by atoms with Gasteiger partial charge in [0.1, 0.15) is 0 Å². The number of halogens is 4. The quantitative estimate of drug-likeness (QED) is 0.804. The lowest BCUT2D eigenvalue weighted by Gasteiger charge is -2.32. The second-order valence-corrected chi connectivity index (χ2v) is 6.42. The molecule has 2 aromatic carbocycles. The number of hydrogen-bond donors (Lipinski definition) is 2. The number of benzene rings is 2. The van der Waals surface area contributed by atoms with Crippen molar-refractivity contribution >= 4 is 15.9 Å². The molecule has 0 unspecified atom stereocenters.